The minimum Gasteiger partial charge on any atom is -0.493 e. The minimum atomic E-state index is -0.799. The quantitative estimate of drug-likeness (QED) is 0.785. The van der Waals surface area contributed by atoms with Crippen LogP contribution in [0.3, 0.4) is 0 Å². The molecule has 2 aromatic rings. The number of rotatable bonds is 6. The van der Waals surface area contributed by atoms with Crippen LogP contribution in [0.5, 0.6) is 17.2 Å². The molecule has 9 heteroatoms. The van der Waals surface area contributed by atoms with Gasteiger partial charge in [0.25, 0.3) is 5.91 Å². The summed E-state index contributed by atoms with van der Waals surface area (Å²) < 4.78 is 42.6. The van der Waals surface area contributed by atoms with Crippen LogP contribution in [0.2, 0.25) is 0 Å². The number of nitrogens with one attached hydrogen (secondary N) is 2. The lowest BCUT2D eigenvalue weighted by Gasteiger charge is -2.13. The summed E-state index contributed by atoms with van der Waals surface area (Å²) in [6.45, 7) is -0.354. The molecule has 1 heterocycles. The lowest BCUT2D eigenvalue weighted by Crippen LogP contribution is -2.39. The highest BCUT2D eigenvalue weighted by molar-refractivity contribution is 5.97. The summed E-state index contributed by atoms with van der Waals surface area (Å²) in [4.78, 5) is 24.4. The number of halogens is 2. The number of carbonyl (C=O) groups excluding carboxylic acids is 2. The summed E-state index contributed by atoms with van der Waals surface area (Å²) in [5.41, 5.74) is 0.363. The van der Waals surface area contributed by atoms with Crippen LogP contribution < -0.4 is 24.8 Å². The molecule has 1 atom stereocenters. The highest BCUT2D eigenvalue weighted by Gasteiger charge is 2.30. The van der Waals surface area contributed by atoms with E-state index < -0.39 is 29.5 Å². The fraction of sp³-hybridized carbons (Fsp3) is 0.263. The number of fused-ring (bicyclic) bond motifs is 1. The molecule has 0 aromatic heterocycles. The fourth-order valence-electron chi connectivity index (χ4n) is 2.87. The first-order valence-corrected chi connectivity index (χ1v) is 8.34. The molecule has 2 N–H and O–H groups in total. The third-order valence-electron chi connectivity index (χ3n) is 4.20. The molecule has 7 nitrogen and oxygen atoms in total. The van der Waals surface area contributed by atoms with Gasteiger partial charge in [-0.05, 0) is 18.2 Å². The molecule has 0 fully saturated rings. The first-order chi connectivity index (χ1) is 13.4. The number of benzene rings is 2. The Labute approximate surface area is 159 Å². The van der Waals surface area contributed by atoms with Crippen LogP contribution in [0.15, 0.2) is 30.3 Å². The van der Waals surface area contributed by atoms with Crippen molar-refractivity contribution >= 4 is 11.8 Å². The van der Waals surface area contributed by atoms with Crippen LogP contribution in [0.4, 0.5) is 8.78 Å². The van der Waals surface area contributed by atoms with E-state index in [9.17, 15) is 18.4 Å². The number of amides is 2. The Balaban J connectivity index is 1.59. The van der Waals surface area contributed by atoms with Gasteiger partial charge in [0, 0.05) is 17.7 Å². The Bertz CT molecular complexity index is 919. The molecular weight excluding hydrogens is 374 g/mol. The molecule has 3 rings (SSSR count). The van der Waals surface area contributed by atoms with E-state index in [0.29, 0.717) is 11.5 Å². The zero-order valence-corrected chi connectivity index (χ0v) is 15.2. The van der Waals surface area contributed by atoms with E-state index in [-0.39, 0.29) is 30.0 Å². The topological polar surface area (TPSA) is 85.9 Å². The van der Waals surface area contributed by atoms with Crippen molar-refractivity contribution in [2.75, 3.05) is 27.4 Å². The number of hydrogen-bond donors (Lipinski definition) is 2. The largest absolute Gasteiger partial charge is 0.493 e. The molecule has 1 unspecified atom stereocenters. The predicted molar refractivity (Wildman–Crippen MR) is 94.6 cm³/mol. The van der Waals surface area contributed by atoms with E-state index in [1.807, 2.05) is 0 Å². The molecule has 0 saturated carbocycles. The van der Waals surface area contributed by atoms with Gasteiger partial charge in [-0.15, -0.1) is 0 Å². The number of hydrogen-bond acceptors (Lipinski definition) is 5. The van der Waals surface area contributed by atoms with Crippen molar-refractivity contribution < 1.29 is 32.6 Å². The zero-order valence-electron chi connectivity index (χ0n) is 15.2. The smallest absolute Gasteiger partial charge is 0.251 e. The van der Waals surface area contributed by atoms with E-state index in [1.165, 1.54) is 26.4 Å². The van der Waals surface area contributed by atoms with Gasteiger partial charge < -0.3 is 24.8 Å². The fourth-order valence-corrected chi connectivity index (χ4v) is 2.87. The first-order valence-electron chi connectivity index (χ1n) is 8.34. The summed E-state index contributed by atoms with van der Waals surface area (Å²) in [6.07, 6.45) is 0. The molecule has 148 valence electrons. The number of ether oxygens (including phenoxy) is 3. The molecule has 0 bridgehead atoms. The third-order valence-corrected chi connectivity index (χ3v) is 4.20. The predicted octanol–water partition coefficient (Wildman–Crippen LogP) is 1.96. The van der Waals surface area contributed by atoms with Crippen LogP contribution in [0.1, 0.15) is 22.0 Å². The van der Waals surface area contributed by atoms with Crippen LogP contribution in [0, 0.1) is 11.6 Å². The van der Waals surface area contributed by atoms with Crippen molar-refractivity contribution in [3.8, 4) is 17.2 Å². The maximum absolute atomic E-state index is 14.0. The summed E-state index contributed by atoms with van der Waals surface area (Å²) >= 11 is 0. The van der Waals surface area contributed by atoms with Gasteiger partial charge in [0.2, 0.25) is 5.91 Å². The summed E-state index contributed by atoms with van der Waals surface area (Å²) in [5.74, 6) is -1.70. The van der Waals surface area contributed by atoms with Gasteiger partial charge in [-0.1, -0.05) is 0 Å². The molecule has 0 aliphatic carbocycles. The normalized spacial score (nSPS) is 14.6. The Hall–Kier alpha value is -3.36. The zero-order chi connectivity index (χ0) is 20.3. The van der Waals surface area contributed by atoms with Gasteiger partial charge in [0.15, 0.2) is 11.5 Å². The van der Waals surface area contributed by atoms with Crippen molar-refractivity contribution in [3.05, 3.63) is 53.1 Å². The van der Waals surface area contributed by atoms with Crippen molar-refractivity contribution in [1.29, 1.82) is 0 Å². The molecule has 1 aliphatic rings. The lowest BCUT2D eigenvalue weighted by molar-refractivity contribution is -0.121. The maximum Gasteiger partial charge on any atom is 0.251 e. The second-order valence-electron chi connectivity index (χ2n) is 5.98. The van der Waals surface area contributed by atoms with Crippen LogP contribution in [0.25, 0.3) is 0 Å². The Morgan fingerprint density at radius 3 is 2.61 bits per heavy atom. The third kappa shape index (κ3) is 3.98. The van der Waals surface area contributed by atoms with Crippen LogP contribution in [-0.2, 0) is 4.79 Å². The van der Waals surface area contributed by atoms with Crippen molar-refractivity contribution in [2.45, 2.75) is 6.04 Å². The lowest BCUT2D eigenvalue weighted by atomic mass is 10.1. The highest BCUT2D eigenvalue weighted by Crippen LogP contribution is 2.35. The molecule has 2 aromatic carbocycles. The monoisotopic (exact) mass is 392 g/mol. The van der Waals surface area contributed by atoms with Gasteiger partial charge in [-0.25, -0.2) is 8.78 Å². The van der Waals surface area contributed by atoms with Crippen LogP contribution in [-0.4, -0.2) is 39.2 Å². The SMILES string of the molecule is COc1ccc(C(=O)NCC(=O)NC2COc3cc(F)cc(F)c32)cc1OC. The second-order valence-corrected chi connectivity index (χ2v) is 5.98. The van der Waals surface area contributed by atoms with Gasteiger partial charge in [0.05, 0.1) is 32.4 Å². The van der Waals surface area contributed by atoms with E-state index in [4.69, 9.17) is 14.2 Å². The molecule has 0 spiro atoms. The Kier molecular flexibility index (Phi) is 5.62. The molecule has 1 aliphatic heterocycles. The summed E-state index contributed by atoms with van der Waals surface area (Å²) in [7, 11) is 2.92. The van der Waals surface area contributed by atoms with E-state index >= 15 is 0 Å². The van der Waals surface area contributed by atoms with E-state index in [1.54, 1.807) is 6.07 Å². The molecule has 28 heavy (non-hydrogen) atoms. The Morgan fingerprint density at radius 2 is 1.89 bits per heavy atom. The van der Waals surface area contributed by atoms with Crippen molar-refractivity contribution in [1.82, 2.24) is 10.6 Å². The van der Waals surface area contributed by atoms with E-state index in [2.05, 4.69) is 10.6 Å². The minimum absolute atomic E-state index is 0.0227. The highest BCUT2D eigenvalue weighted by atomic mass is 19.1. The van der Waals surface area contributed by atoms with Gasteiger partial charge in [-0.2, -0.15) is 0 Å². The number of methoxy groups -OCH3 is 2. The van der Waals surface area contributed by atoms with Gasteiger partial charge in [0.1, 0.15) is 24.0 Å². The maximum atomic E-state index is 14.0. The summed E-state index contributed by atoms with van der Waals surface area (Å²) in [5, 5.41) is 5.02. The standard InChI is InChI=1S/C19H18F2N2O5/c1-26-14-4-3-10(5-15(14)27-2)19(25)22-8-17(24)23-13-9-28-16-7-11(20)6-12(21)18(13)16/h3-7,13H,8-9H2,1-2H3,(H,22,25)(H,23,24). The van der Waals surface area contributed by atoms with Crippen molar-refractivity contribution in [2.24, 2.45) is 0 Å². The first kappa shape index (κ1) is 19.4. The second kappa shape index (κ2) is 8.12. The average molecular weight is 392 g/mol. The number of carbonyl (C=O) groups is 2. The van der Waals surface area contributed by atoms with Gasteiger partial charge in [-0.3, -0.25) is 9.59 Å². The van der Waals surface area contributed by atoms with Crippen LogP contribution >= 0.6 is 0 Å². The van der Waals surface area contributed by atoms with Gasteiger partial charge >= 0.3 is 0 Å². The summed E-state index contributed by atoms with van der Waals surface area (Å²) in [6, 6.07) is 5.61. The average Bonchev–Trinajstić information content (AvgIpc) is 3.08. The van der Waals surface area contributed by atoms with Crippen molar-refractivity contribution in [3.63, 3.8) is 0 Å². The van der Waals surface area contributed by atoms with E-state index in [0.717, 1.165) is 12.1 Å². The molecule has 0 radical (unpaired) electrons. The molecule has 2 amide bonds. The molecular formula is C19H18F2N2O5. The Morgan fingerprint density at radius 1 is 1.14 bits per heavy atom. The molecule has 0 saturated heterocycles.